The summed E-state index contributed by atoms with van der Waals surface area (Å²) in [7, 11) is 0. The maximum absolute atomic E-state index is 12.0. The molecule has 102 valence electrons. The molecule has 2 rings (SSSR count). The molecule has 2 N–H and O–H groups in total. The van der Waals surface area contributed by atoms with Crippen LogP contribution >= 0.6 is 0 Å². The lowest BCUT2D eigenvalue weighted by atomic mass is 10.1. The third-order valence-electron chi connectivity index (χ3n) is 2.69. The quantitative estimate of drug-likeness (QED) is 0.875. The van der Waals surface area contributed by atoms with Crippen LogP contribution in [0.2, 0.25) is 0 Å². The van der Waals surface area contributed by atoms with Crippen LogP contribution in [-0.4, -0.2) is 27.2 Å². The van der Waals surface area contributed by atoms with Crippen molar-refractivity contribution in [1.82, 2.24) is 15.5 Å². The number of nitrogens with one attached hydrogen (secondary N) is 1. The van der Waals surface area contributed by atoms with Gasteiger partial charge in [0.1, 0.15) is 0 Å². The van der Waals surface area contributed by atoms with E-state index >= 15 is 0 Å². The summed E-state index contributed by atoms with van der Waals surface area (Å²) in [5.74, 6) is -1.71. The van der Waals surface area contributed by atoms with Crippen LogP contribution in [0.25, 0.3) is 0 Å². The maximum atomic E-state index is 12.0. The van der Waals surface area contributed by atoms with E-state index in [-0.39, 0.29) is 5.69 Å². The van der Waals surface area contributed by atoms with Gasteiger partial charge in [-0.1, -0.05) is 30.3 Å². The SMILES string of the molecule is Cc1ccc(C(=O)NC(C(=O)O)c2ccccc2)nn1. The molecule has 6 heteroatoms. The summed E-state index contributed by atoms with van der Waals surface area (Å²) in [6.45, 7) is 1.75. The van der Waals surface area contributed by atoms with E-state index in [1.54, 1.807) is 43.3 Å². The number of carbonyl (C=O) groups excluding carboxylic acids is 1. The average Bonchev–Trinajstić information content (AvgIpc) is 2.46. The third kappa shape index (κ3) is 3.17. The van der Waals surface area contributed by atoms with Gasteiger partial charge in [-0.25, -0.2) is 4.79 Å². The van der Waals surface area contributed by atoms with Gasteiger partial charge in [0.2, 0.25) is 0 Å². The van der Waals surface area contributed by atoms with Crippen LogP contribution in [0.15, 0.2) is 42.5 Å². The molecule has 1 aromatic carbocycles. The molecule has 0 bridgehead atoms. The molecule has 0 radical (unpaired) electrons. The molecule has 0 saturated heterocycles. The van der Waals surface area contributed by atoms with Crippen molar-refractivity contribution >= 4 is 11.9 Å². The highest BCUT2D eigenvalue weighted by Crippen LogP contribution is 2.13. The van der Waals surface area contributed by atoms with Gasteiger partial charge in [0, 0.05) is 0 Å². The summed E-state index contributed by atoms with van der Waals surface area (Å²) in [6.07, 6.45) is 0. The number of nitrogens with zero attached hydrogens (tertiary/aromatic N) is 2. The van der Waals surface area contributed by atoms with Gasteiger partial charge in [0.05, 0.1) is 5.69 Å². The number of aromatic nitrogens is 2. The summed E-state index contributed by atoms with van der Waals surface area (Å²) in [5.41, 5.74) is 1.26. The molecule has 1 aromatic heterocycles. The number of hydrogen-bond donors (Lipinski definition) is 2. The zero-order valence-corrected chi connectivity index (χ0v) is 10.8. The topological polar surface area (TPSA) is 92.2 Å². The highest BCUT2D eigenvalue weighted by Gasteiger charge is 2.23. The van der Waals surface area contributed by atoms with E-state index in [9.17, 15) is 14.7 Å². The second-order valence-corrected chi connectivity index (χ2v) is 4.22. The molecule has 6 nitrogen and oxygen atoms in total. The van der Waals surface area contributed by atoms with Crippen LogP contribution in [0.1, 0.15) is 27.8 Å². The summed E-state index contributed by atoms with van der Waals surface area (Å²) in [5, 5.41) is 19.1. The van der Waals surface area contributed by atoms with Crippen molar-refractivity contribution in [2.45, 2.75) is 13.0 Å². The fraction of sp³-hybridized carbons (Fsp3) is 0.143. The van der Waals surface area contributed by atoms with Gasteiger partial charge >= 0.3 is 5.97 Å². The summed E-state index contributed by atoms with van der Waals surface area (Å²) >= 11 is 0. The molecule has 0 fully saturated rings. The number of amides is 1. The lowest BCUT2D eigenvalue weighted by molar-refractivity contribution is -0.139. The van der Waals surface area contributed by atoms with Crippen molar-refractivity contribution in [3.05, 3.63) is 59.4 Å². The molecule has 20 heavy (non-hydrogen) atoms. The molecule has 1 unspecified atom stereocenters. The van der Waals surface area contributed by atoms with E-state index in [4.69, 9.17) is 0 Å². The summed E-state index contributed by atoms with van der Waals surface area (Å²) in [6, 6.07) is 10.5. The lowest BCUT2D eigenvalue weighted by Crippen LogP contribution is -2.34. The third-order valence-corrected chi connectivity index (χ3v) is 2.69. The minimum Gasteiger partial charge on any atom is -0.479 e. The highest BCUT2D eigenvalue weighted by atomic mass is 16.4. The highest BCUT2D eigenvalue weighted by molar-refractivity contribution is 5.95. The van der Waals surface area contributed by atoms with Crippen molar-refractivity contribution in [2.24, 2.45) is 0 Å². The molecule has 0 aliphatic rings. The van der Waals surface area contributed by atoms with Crippen molar-refractivity contribution < 1.29 is 14.7 Å². The monoisotopic (exact) mass is 271 g/mol. The Labute approximate surface area is 115 Å². The molecule has 0 aliphatic carbocycles. The number of carbonyl (C=O) groups is 2. The van der Waals surface area contributed by atoms with E-state index in [2.05, 4.69) is 15.5 Å². The van der Waals surface area contributed by atoms with Gasteiger partial charge in [-0.05, 0) is 24.6 Å². The van der Waals surface area contributed by atoms with Crippen LogP contribution < -0.4 is 5.32 Å². The Hall–Kier alpha value is -2.76. The van der Waals surface area contributed by atoms with E-state index in [0.717, 1.165) is 0 Å². The Morgan fingerprint density at radius 1 is 1.10 bits per heavy atom. The second kappa shape index (κ2) is 5.92. The number of carboxylic acid groups (broad SMARTS) is 1. The summed E-state index contributed by atoms with van der Waals surface area (Å²) in [4.78, 5) is 23.2. The number of carboxylic acids is 1. The van der Waals surface area contributed by atoms with Crippen LogP contribution in [0.3, 0.4) is 0 Å². The van der Waals surface area contributed by atoms with Crippen LogP contribution in [0, 0.1) is 6.92 Å². The van der Waals surface area contributed by atoms with Gasteiger partial charge in [-0.2, -0.15) is 5.10 Å². The molecule has 1 amide bonds. The van der Waals surface area contributed by atoms with Gasteiger partial charge < -0.3 is 10.4 Å². The van der Waals surface area contributed by atoms with Gasteiger partial charge in [0.15, 0.2) is 11.7 Å². The molecule has 2 aromatic rings. The maximum Gasteiger partial charge on any atom is 0.330 e. The van der Waals surface area contributed by atoms with Crippen LogP contribution in [-0.2, 0) is 4.79 Å². The number of rotatable bonds is 4. The Bertz CT molecular complexity index is 611. The first-order valence-corrected chi connectivity index (χ1v) is 5.97. The fourth-order valence-corrected chi connectivity index (χ4v) is 1.66. The molecular formula is C14H13N3O3. The number of aryl methyl sites for hydroxylation is 1. The van der Waals surface area contributed by atoms with Crippen LogP contribution in [0.5, 0.6) is 0 Å². The first-order chi connectivity index (χ1) is 9.58. The average molecular weight is 271 g/mol. The van der Waals surface area contributed by atoms with Crippen molar-refractivity contribution in [1.29, 1.82) is 0 Å². The lowest BCUT2D eigenvalue weighted by Gasteiger charge is -2.14. The molecule has 1 heterocycles. The smallest absolute Gasteiger partial charge is 0.330 e. The second-order valence-electron chi connectivity index (χ2n) is 4.22. The number of benzene rings is 1. The zero-order valence-electron chi connectivity index (χ0n) is 10.8. The Balaban J connectivity index is 2.19. The predicted molar refractivity (Wildman–Crippen MR) is 71.1 cm³/mol. The largest absolute Gasteiger partial charge is 0.479 e. The molecule has 0 saturated carbocycles. The van der Waals surface area contributed by atoms with E-state index in [1.807, 2.05) is 0 Å². The number of aliphatic carboxylic acids is 1. The Morgan fingerprint density at radius 2 is 1.80 bits per heavy atom. The van der Waals surface area contributed by atoms with Crippen molar-refractivity contribution in [2.75, 3.05) is 0 Å². The fourth-order valence-electron chi connectivity index (χ4n) is 1.66. The standard InChI is InChI=1S/C14H13N3O3/c1-9-7-8-11(17-16-9)13(18)15-12(14(19)20)10-5-3-2-4-6-10/h2-8,12H,1H3,(H,15,18)(H,19,20). The van der Waals surface area contributed by atoms with E-state index in [0.29, 0.717) is 11.3 Å². The predicted octanol–water partition coefficient (Wildman–Crippen LogP) is 1.34. The van der Waals surface area contributed by atoms with Crippen molar-refractivity contribution in [3.8, 4) is 0 Å². The van der Waals surface area contributed by atoms with Crippen LogP contribution in [0.4, 0.5) is 0 Å². The molecule has 0 aliphatic heterocycles. The minimum absolute atomic E-state index is 0.0813. The summed E-state index contributed by atoms with van der Waals surface area (Å²) < 4.78 is 0. The Kier molecular flexibility index (Phi) is 4.05. The van der Waals surface area contributed by atoms with E-state index in [1.165, 1.54) is 6.07 Å². The molecular weight excluding hydrogens is 258 g/mol. The normalized spacial score (nSPS) is 11.7. The number of hydrogen-bond acceptors (Lipinski definition) is 4. The first-order valence-electron chi connectivity index (χ1n) is 5.97. The van der Waals surface area contributed by atoms with Gasteiger partial charge in [-0.3, -0.25) is 4.79 Å². The molecule has 0 spiro atoms. The van der Waals surface area contributed by atoms with Gasteiger partial charge in [-0.15, -0.1) is 5.10 Å². The van der Waals surface area contributed by atoms with Gasteiger partial charge in [0.25, 0.3) is 5.91 Å². The van der Waals surface area contributed by atoms with Crippen molar-refractivity contribution in [3.63, 3.8) is 0 Å². The minimum atomic E-state index is -1.13. The first kappa shape index (κ1) is 13.7. The van der Waals surface area contributed by atoms with E-state index < -0.39 is 17.9 Å². The molecule has 1 atom stereocenters. The zero-order chi connectivity index (χ0) is 14.5. The Morgan fingerprint density at radius 3 is 2.35 bits per heavy atom.